The third-order valence-electron chi connectivity index (χ3n) is 1.97. The molecule has 0 saturated carbocycles. The molecule has 0 fully saturated rings. The van der Waals surface area contributed by atoms with Gasteiger partial charge >= 0.3 is 0 Å². The Kier molecular flexibility index (Phi) is 4.80. The molecular weight excluding hydrogens is 250 g/mol. The minimum absolute atomic E-state index is 0.240. The molecule has 0 bridgehead atoms. The highest BCUT2D eigenvalue weighted by atomic mass is 79.9. The number of hydrogen-bond acceptors (Lipinski definition) is 0. The first kappa shape index (κ1) is 11.4. The molecule has 1 aromatic rings. The van der Waals surface area contributed by atoms with E-state index in [9.17, 15) is 8.78 Å². The first-order valence-electron chi connectivity index (χ1n) is 4.35. The van der Waals surface area contributed by atoms with Gasteiger partial charge in [0, 0.05) is 5.33 Å². The third-order valence-corrected chi connectivity index (χ3v) is 2.69. The monoisotopic (exact) mass is 260 g/mol. The lowest BCUT2D eigenvalue weighted by atomic mass is 10.1. The predicted molar refractivity (Wildman–Crippen MR) is 57.7 cm³/mol. The molecule has 0 aliphatic heterocycles. The topological polar surface area (TPSA) is 0 Å². The number of hydrogen-bond donors (Lipinski definition) is 0. The second-order valence-corrected chi connectivity index (χ2v) is 3.59. The molecule has 0 aliphatic carbocycles. The number of aryl methyl sites for hydroxylation is 1. The molecule has 14 heavy (non-hydrogen) atoms. The van der Waals surface area contributed by atoms with Crippen LogP contribution >= 0.6 is 15.9 Å². The van der Waals surface area contributed by atoms with Gasteiger partial charge in [-0.3, -0.25) is 0 Å². The van der Waals surface area contributed by atoms with Gasteiger partial charge in [0.1, 0.15) is 5.82 Å². The van der Waals surface area contributed by atoms with E-state index in [1.165, 1.54) is 12.1 Å². The van der Waals surface area contributed by atoms with Crippen molar-refractivity contribution in [1.82, 2.24) is 0 Å². The van der Waals surface area contributed by atoms with Crippen LogP contribution in [-0.4, -0.2) is 5.33 Å². The first-order chi connectivity index (χ1) is 6.76. The van der Waals surface area contributed by atoms with Crippen LogP contribution in [0.1, 0.15) is 12.0 Å². The number of rotatable bonds is 4. The van der Waals surface area contributed by atoms with Crippen LogP contribution in [0.2, 0.25) is 0 Å². The van der Waals surface area contributed by atoms with Crippen LogP contribution in [0.5, 0.6) is 0 Å². The van der Waals surface area contributed by atoms with Gasteiger partial charge in [0.25, 0.3) is 0 Å². The highest BCUT2D eigenvalue weighted by Gasteiger charge is 1.98. The van der Waals surface area contributed by atoms with Gasteiger partial charge in [-0.15, -0.1) is 0 Å². The molecule has 3 heteroatoms. The molecular formula is C11H11BrF2. The van der Waals surface area contributed by atoms with Crippen LogP contribution in [0.3, 0.4) is 0 Å². The predicted octanol–water partition coefficient (Wildman–Crippen LogP) is 4.01. The van der Waals surface area contributed by atoms with E-state index in [0.717, 1.165) is 12.0 Å². The number of benzene rings is 1. The Morgan fingerprint density at radius 1 is 1.29 bits per heavy atom. The van der Waals surface area contributed by atoms with Crippen molar-refractivity contribution in [3.63, 3.8) is 0 Å². The van der Waals surface area contributed by atoms with Gasteiger partial charge in [-0.05, 0) is 36.1 Å². The molecule has 1 rings (SSSR count). The van der Waals surface area contributed by atoms with E-state index < -0.39 is 0 Å². The van der Waals surface area contributed by atoms with E-state index >= 15 is 0 Å². The zero-order valence-corrected chi connectivity index (χ0v) is 9.23. The molecule has 0 saturated heterocycles. The Bertz CT molecular complexity index is 304. The van der Waals surface area contributed by atoms with Gasteiger partial charge in [0.15, 0.2) is 0 Å². The molecule has 0 nitrogen and oxygen atoms in total. The highest BCUT2D eigenvalue weighted by Crippen LogP contribution is 2.12. The summed E-state index contributed by atoms with van der Waals surface area (Å²) in [6.45, 7) is 0. The van der Waals surface area contributed by atoms with Gasteiger partial charge < -0.3 is 0 Å². The summed E-state index contributed by atoms with van der Waals surface area (Å²) < 4.78 is 24.7. The van der Waals surface area contributed by atoms with Crippen molar-refractivity contribution in [2.45, 2.75) is 12.8 Å². The third kappa shape index (κ3) is 3.58. The Morgan fingerprint density at radius 2 is 1.93 bits per heavy atom. The van der Waals surface area contributed by atoms with Crippen LogP contribution in [0, 0.1) is 5.82 Å². The van der Waals surface area contributed by atoms with Crippen LogP contribution < -0.4 is 0 Å². The molecule has 0 radical (unpaired) electrons. The molecule has 0 atom stereocenters. The van der Waals surface area contributed by atoms with E-state index in [1.54, 1.807) is 12.1 Å². The lowest BCUT2D eigenvalue weighted by Crippen LogP contribution is -1.90. The standard InChI is InChI=1S/C11H11BrF2/c12-7-10(8-13)2-1-9-3-5-11(14)6-4-9/h3-6,8H,1-2,7H2. The molecule has 0 aromatic heterocycles. The van der Waals surface area contributed by atoms with E-state index in [2.05, 4.69) is 15.9 Å². The second-order valence-electron chi connectivity index (χ2n) is 3.03. The minimum atomic E-state index is -0.240. The fourth-order valence-electron chi connectivity index (χ4n) is 1.11. The maximum Gasteiger partial charge on any atom is 0.123 e. The van der Waals surface area contributed by atoms with Crippen molar-refractivity contribution in [3.05, 3.63) is 47.5 Å². The van der Waals surface area contributed by atoms with Gasteiger partial charge in [-0.2, -0.15) is 0 Å². The van der Waals surface area contributed by atoms with Crippen LogP contribution in [0.15, 0.2) is 36.2 Å². The van der Waals surface area contributed by atoms with E-state index in [1.807, 2.05) is 0 Å². The first-order valence-corrected chi connectivity index (χ1v) is 5.47. The van der Waals surface area contributed by atoms with Crippen LogP contribution in [0.4, 0.5) is 8.78 Å². The molecule has 0 amide bonds. The van der Waals surface area contributed by atoms with Crippen molar-refractivity contribution in [2.75, 3.05) is 5.33 Å². The van der Waals surface area contributed by atoms with Crippen molar-refractivity contribution in [3.8, 4) is 0 Å². The number of allylic oxidation sites excluding steroid dienone is 1. The second kappa shape index (κ2) is 5.91. The molecule has 0 N–H and O–H groups in total. The van der Waals surface area contributed by atoms with Crippen LogP contribution in [0.25, 0.3) is 0 Å². The summed E-state index contributed by atoms with van der Waals surface area (Å²) >= 11 is 3.19. The van der Waals surface area contributed by atoms with Gasteiger partial charge in [0.2, 0.25) is 0 Å². The van der Waals surface area contributed by atoms with Gasteiger partial charge in [-0.25, -0.2) is 8.78 Å². The Balaban J connectivity index is 2.49. The molecule has 1 aromatic carbocycles. The smallest absolute Gasteiger partial charge is 0.123 e. The zero-order chi connectivity index (χ0) is 10.4. The summed E-state index contributed by atoms with van der Waals surface area (Å²) in [4.78, 5) is 0. The fraction of sp³-hybridized carbons (Fsp3) is 0.273. The molecule has 76 valence electrons. The van der Waals surface area contributed by atoms with Crippen molar-refractivity contribution in [2.24, 2.45) is 0 Å². The summed E-state index contributed by atoms with van der Waals surface area (Å²) in [6.07, 6.45) is 2.02. The summed E-state index contributed by atoms with van der Waals surface area (Å²) in [5.74, 6) is -0.240. The number of halogens is 3. The minimum Gasteiger partial charge on any atom is -0.216 e. The maximum atomic E-state index is 12.5. The Morgan fingerprint density at radius 3 is 2.43 bits per heavy atom. The van der Waals surface area contributed by atoms with E-state index in [4.69, 9.17) is 0 Å². The van der Waals surface area contributed by atoms with Crippen molar-refractivity contribution in [1.29, 1.82) is 0 Å². The Hall–Kier alpha value is -0.700. The Labute approximate surface area is 90.8 Å². The maximum absolute atomic E-state index is 12.5. The van der Waals surface area contributed by atoms with Gasteiger partial charge in [-0.1, -0.05) is 28.1 Å². The van der Waals surface area contributed by atoms with Crippen molar-refractivity contribution >= 4 is 15.9 Å². The lowest BCUT2D eigenvalue weighted by Gasteiger charge is -2.02. The molecule has 0 unspecified atom stereocenters. The molecule has 0 heterocycles. The average molecular weight is 261 g/mol. The van der Waals surface area contributed by atoms with Gasteiger partial charge in [0.05, 0.1) is 6.33 Å². The largest absolute Gasteiger partial charge is 0.216 e. The summed E-state index contributed by atoms with van der Waals surface area (Å²) in [6, 6.07) is 6.28. The summed E-state index contributed by atoms with van der Waals surface area (Å²) in [5, 5.41) is 0.546. The normalized spacial score (nSPS) is 11.8. The van der Waals surface area contributed by atoms with E-state index in [-0.39, 0.29) is 5.82 Å². The van der Waals surface area contributed by atoms with Crippen molar-refractivity contribution < 1.29 is 8.78 Å². The summed E-state index contributed by atoms with van der Waals surface area (Å²) in [7, 11) is 0. The van der Waals surface area contributed by atoms with E-state index in [0.29, 0.717) is 23.7 Å². The fourth-order valence-corrected chi connectivity index (χ4v) is 1.51. The zero-order valence-electron chi connectivity index (χ0n) is 7.64. The highest BCUT2D eigenvalue weighted by molar-refractivity contribution is 9.09. The summed E-state index contributed by atoms with van der Waals surface area (Å²) in [5.41, 5.74) is 1.74. The average Bonchev–Trinajstić information content (AvgIpc) is 2.22. The number of alkyl halides is 1. The SMILES string of the molecule is FC=C(CBr)CCc1ccc(F)cc1. The lowest BCUT2D eigenvalue weighted by molar-refractivity contribution is 0.627. The quantitative estimate of drug-likeness (QED) is 0.718. The molecule has 0 spiro atoms. The van der Waals surface area contributed by atoms with Crippen LogP contribution in [-0.2, 0) is 6.42 Å². The molecule has 0 aliphatic rings.